The van der Waals surface area contributed by atoms with E-state index >= 15 is 0 Å². The maximum absolute atomic E-state index is 11.1. The predicted molar refractivity (Wildman–Crippen MR) is 94.1 cm³/mol. The van der Waals surface area contributed by atoms with Crippen LogP contribution < -0.4 is 0 Å². The van der Waals surface area contributed by atoms with Crippen LogP contribution in [0.2, 0.25) is 5.02 Å². The Bertz CT molecular complexity index is 1050. The Labute approximate surface area is 145 Å². The molecule has 0 aliphatic carbocycles. The van der Waals surface area contributed by atoms with E-state index in [1.54, 1.807) is 4.68 Å². The molecule has 2 aromatic carbocycles. The van der Waals surface area contributed by atoms with Crippen molar-refractivity contribution in [1.82, 2.24) is 14.8 Å². The summed E-state index contributed by atoms with van der Waals surface area (Å²) in [6.07, 6.45) is 0. The fourth-order valence-corrected chi connectivity index (χ4v) is 3.38. The zero-order chi connectivity index (χ0) is 16.7. The van der Waals surface area contributed by atoms with Crippen molar-refractivity contribution in [2.45, 2.75) is 0 Å². The van der Waals surface area contributed by atoms with Gasteiger partial charge in [0, 0.05) is 21.4 Å². The van der Waals surface area contributed by atoms with Gasteiger partial charge < -0.3 is 5.11 Å². The molecule has 0 saturated carbocycles. The molecule has 4 rings (SSSR count). The zero-order valence-corrected chi connectivity index (χ0v) is 13.8. The third-order valence-electron chi connectivity index (χ3n) is 3.60. The van der Waals surface area contributed by atoms with Crippen LogP contribution in [-0.2, 0) is 0 Å². The first-order valence-electron chi connectivity index (χ1n) is 7.06. The standard InChI is InChI=1S/C17H10ClN3O2S/c18-11-7-5-10(6-8-11)15-12-3-1-2-4-14(12)21(20-15)17-19-13(9-24-17)16(22)23/h1-9H,(H,22,23). The number of aromatic nitrogens is 3. The van der Waals surface area contributed by atoms with Gasteiger partial charge in [0.05, 0.1) is 5.52 Å². The highest BCUT2D eigenvalue weighted by atomic mass is 35.5. The Kier molecular flexibility index (Phi) is 3.55. The van der Waals surface area contributed by atoms with Gasteiger partial charge in [0.25, 0.3) is 0 Å². The summed E-state index contributed by atoms with van der Waals surface area (Å²) in [6, 6.07) is 15.2. The zero-order valence-electron chi connectivity index (χ0n) is 12.2. The van der Waals surface area contributed by atoms with Crippen LogP contribution in [0.15, 0.2) is 53.9 Å². The number of hydrogen-bond donors (Lipinski definition) is 1. The number of carbonyl (C=O) groups is 1. The highest BCUT2D eigenvalue weighted by Crippen LogP contribution is 2.31. The van der Waals surface area contributed by atoms with Gasteiger partial charge in [-0.15, -0.1) is 11.3 Å². The number of halogens is 1. The van der Waals surface area contributed by atoms with Crippen LogP contribution in [0.1, 0.15) is 10.5 Å². The Hall–Kier alpha value is -2.70. The largest absolute Gasteiger partial charge is 0.476 e. The lowest BCUT2D eigenvalue weighted by Crippen LogP contribution is -2.00. The fraction of sp³-hybridized carbons (Fsp3) is 0. The molecular weight excluding hydrogens is 346 g/mol. The first-order chi connectivity index (χ1) is 11.6. The molecule has 2 heterocycles. The molecule has 0 bridgehead atoms. The number of nitrogens with zero attached hydrogens (tertiary/aromatic N) is 3. The number of aromatic carboxylic acids is 1. The number of carboxylic acid groups (broad SMARTS) is 1. The quantitative estimate of drug-likeness (QED) is 0.587. The maximum Gasteiger partial charge on any atom is 0.355 e. The first-order valence-corrected chi connectivity index (χ1v) is 8.32. The Morgan fingerprint density at radius 1 is 1.12 bits per heavy atom. The van der Waals surface area contributed by atoms with Crippen LogP contribution in [0.25, 0.3) is 27.3 Å². The van der Waals surface area contributed by atoms with Crippen LogP contribution in [0.5, 0.6) is 0 Å². The summed E-state index contributed by atoms with van der Waals surface area (Å²) >= 11 is 7.21. The number of carboxylic acids is 1. The van der Waals surface area contributed by atoms with Gasteiger partial charge >= 0.3 is 5.97 Å². The number of fused-ring (bicyclic) bond motifs is 1. The van der Waals surface area contributed by atoms with Crippen LogP contribution in [-0.4, -0.2) is 25.8 Å². The van der Waals surface area contributed by atoms with Crippen LogP contribution in [0.4, 0.5) is 0 Å². The number of thiazole rings is 1. The summed E-state index contributed by atoms with van der Waals surface area (Å²) in [5, 5.41) is 17.4. The molecule has 0 atom stereocenters. The minimum absolute atomic E-state index is 0.0163. The van der Waals surface area contributed by atoms with Crippen molar-refractivity contribution < 1.29 is 9.90 Å². The van der Waals surface area contributed by atoms with Gasteiger partial charge in [-0.3, -0.25) is 0 Å². The van der Waals surface area contributed by atoms with E-state index in [1.807, 2.05) is 48.5 Å². The summed E-state index contributed by atoms with van der Waals surface area (Å²) in [7, 11) is 0. The Morgan fingerprint density at radius 2 is 1.88 bits per heavy atom. The van der Waals surface area contributed by atoms with Crippen molar-refractivity contribution in [3.05, 3.63) is 64.6 Å². The molecule has 0 saturated heterocycles. The van der Waals surface area contributed by atoms with E-state index in [0.29, 0.717) is 10.2 Å². The third kappa shape index (κ3) is 2.46. The molecule has 0 radical (unpaired) electrons. The van der Waals surface area contributed by atoms with Crippen molar-refractivity contribution in [2.75, 3.05) is 0 Å². The number of rotatable bonds is 3. The lowest BCUT2D eigenvalue weighted by molar-refractivity contribution is 0.0691. The molecule has 0 fully saturated rings. The van der Waals surface area contributed by atoms with E-state index in [4.69, 9.17) is 16.7 Å². The average molecular weight is 356 g/mol. The normalized spacial score (nSPS) is 11.0. The lowest BCUT2D eigenvalue weighted by atomic mass is 10.1. The summed E-state index contributed by atoms with van der Waals surface area (Å²) in [5.74, 6) is -1.05. The van der Waals surface area contributed by atoms with Gasteiger partial charge in [-0.2, -0.15) is 5.10 Å². The second-order valence-electron chi connectivity index (χ2n) is 5.10. The second-order valence-corrected chi connectivity index (χ2v) is 6.38. The molecule has 1 N–H and O–H groups in total. The fourth-order valence-electron chi connectivity index (χ4n) is 2.49. The number of para-hydroxylation sites is 1. The summed E-state index contributed by atoms with van der Waals surface area (Å²) in [4.78, 5) is 15.2. The molecule has 24 heavy (non-hydrogen) atoms. The third-order valence-corrected chi connectivity index (χ3v) is 4.67. The minimum atomic E-state index is -1.05. The maximum atomic E-state index is 11.1. The van der Waals surface area contributed by atoms with E-state index in [0.717, 1.165) is 22.2 Å². The number of hydrogen-bond acceptors (Lipinski definition) is 4. The van der Waals surface area contributed by atoms with Crippen molar-refractivity contribution in [3.63, 3.8) is 0 Å². The van der Waals surface area contributed by atoms with E-state index in [-0.39, 0.29) is 5.69 Å². The predicted octanol–water partition coefficient (Wildman–Crippen LogP) is 4.50. The van der Waals surface area contributed by atoms with Gasteiger partial charge in [0.1, 0.15) is 5.69 Å². The van der Waals surface area contributed by atoms with Crippen molar-refractivity contribution in [2.24, 2.45) is 0 Å². The van der Waals surface area contributed by atoms with E-state index < -0.39 is 5.97 Å². The SMILES string of the molecule is O=C(O)c1csc(-n2nc(-c3ccc(Cl)cc3)c3ccccc32)n1. The van der Waals surface area contributed by atoms with E-state index in [9.17, 15) is 4.79 Å². The molecule has 0 unspecified atom stereocenters. The van der Waals surface area contributed by atoms with Gasteiger partial charge in [-0.05, 0) is 18.2 Å². The van der Waals surface area contributed by atoms with Gasteiger partial charge in [0.2, 0.25) is 5.13 Å². The molecule has 4 aromatic rings. The molecule has 0 amide bonds. The van der Waals surface area contributed by atoms with Crippen molar-refractivity contribution in [1.29, 1.82) is 0 Å². The van der Waals surface area contributed by atoms with Crippen molar-refractivity contribution >= 4 is 39.8 Å². The summed E-state index contributed by atoms with van der Waals surface area (Å²) < 4.78 is 1.68. The van der Waals surface area contributed by atoms with Crippen LogP contribution in [0.3, 0.4) is 0 Å². The molecule has 118 valence electrons. The number of benzene rings is 2. The van der Waals surface area contributed by atoms with Gasteiger partial charge in [0.15, 0.2) is 5.69 Å². The molecular formula is C17H10ClN3O2S. The first kappa shape index (κ1) is 14.9. The monoisotopic (exact) mass is 355 g/mol. The molecule has 0 aliphatic rings. The highest BCUT2D eigenvalue weighted by molar-refractivity contribution is 7.12. The van der Waals surface area contributed by atoms with Crippen molar-refractivity contribution in [3.8, 4) is 16.4 Å². The Morgan fingerprint density at radius 3 is 2.58 bits per heavy atom. The highest BCUT2D eigenvalue weighted by Gasteiger charge is 2.16. The average Bonchev–Trinajstić information content (AvgIpc) is 3.20. The smallest absolute Gasteiger partial charge is 0.355 e. The minimum Gasteiger partial charge on any atom is -0.476 e. The van der Waals surface area contributed by atoms with Gasteiger partial charge in [-0.25, -0.2) is 14.5 Å². The second kappa shape index (κ2) is 5.74. The molecule has 5 nitrogen and oxygen atoms in total. The molecule has 0 spiro atoms. The molecule has 0 aliphatic heterocycles. The van der Waals surface area contributed by atoms with Crippen LogP contribution in [0, 0.1) is 0 Å². The Balaban J connectivity index is 1.93. The van der Waals surface area contributed by atoms with Gasteiger partial charge in [-0.1, -0.05) is 41.9 Å². The summed E-state index contributed by atoms with van der Waals surface area (Å²) in [5.41, 5.74) is 2.62. The molecule has 7 heteroatoms. The van der Waals surface area contributed by atoms with E-state index in [1.165, 1.54) is 16.7 Å². The van der Waals surface area contributed by atoms with E-state index in [2.05, 4.69) is 10.1 Å². The molecule has 2 aromatic heterocycles. The van der Waals surface area contributed by atoms with Crippen LogP contribution >= 0.6 is 22.9 Å². The lowest BCUT2D eigenvalue weighted by Gasteiger charge is -1.97. The summed E-state index contributed by atoms with van der Waals surface area (Å²) in [6.45, 7) is 0. The topological polar surface area (TPSA) is 68.0 Å².